The average molecular weight is 277 g/mol. The van der Waals surface area contributed by atoms with E-state index >= 15 is 0 Å². The lowest BCUT2D eigenvalue weighted by atomic mass is 9.85. The molecule has 5 heteroatoms. The summed E-state index contributed by atoms with van der Waals surface area (Å²) in [6, 6.07) is 7.30. The molecule has 110 valence electrons. The van der Waals surface area contributed by atoms with E-state index in [0.29, 0.717) is 5.96 Å². The third-order valence-corrected chi connectivity index (χ3v) is 3.73. The fourth-order valence-corrected chi connectivity index (χ4v) is 2.12. The molecule has 1 aliphatic rings. The highest BCUT2D eigenvalue weighted by atomic mass is 16.5. The summed E-state index contributed by atoms with van der Waals surface area (Å²) in [6.07, 6.45) is 3.22. The van der Waals surface area contributed by atoms with Crippen molar-refractivity contribution in [2.24, 2.45) is 16.6 Å². The number of aliphatic hydroxyl groups excluding tert-OH is 1. The number of rotatable bonds is 6. The number of hydrogen-bond donors (Lipinski definition) is 3. The summed E-state index contributed by atoms with van der Waals surface area (Å²) >= 11 is 0. The van der Waals surface area contributed by atoms with Gasteiger partial charge in [-0.3, -0.25) is 4.99 Å². The fourth-order valence-electron chi connectivity index (χ4n) is 2.12. The van der Waals surface area contributed by atoms with E-state index in [0.717, 1.165) is 23.8 Å². The lowest BCUT2D eigenvalue weighted by molar-refractivity contribution is 0.187. The maximum absolute atomic E-state index is 10.0. The van der Waals surface area contributed by atoms with Crippen molar-refractivity contribution in [2.75, 3.05) is 20.2 Å². The Morgan fingerprint density at radius 2 is 2.15 bits per heavy atom. The molecule has 0 spiro atoms. The van der Waals surface area contributed by atoms with Crippen molar-refractivity contribution in [2.45, 2.75) is 25.4 Å². The topological polar surface area (TPSA) is 79.9 Å². The van der Waals surface area contributed by atoms with Crippen LogP contribution in [0.1, 0.15) is 30.9 Å². The Balaban J connectivity index is 1.78. The summed E-state index contributed by atoms with van der Waals surface area (Å²) in [7, 11) is 1.62. The van der Waals surface area contributed by atoms with Crippen LogP contribution in [0, 0.1) is 5.92 Å². The molecule has 1 aliphatic carbocycles. The van der Waals surface area contributed by atoms with Crippen LogP contribution in [0.25, 0.3) is 0 Å². The highest BCUT2D eigenvalue weighted by Gasteiger charge is 2.16. The standard InChI is InChI=1S/C15H23N3O2/c1-20-13-7-5-12(6-8-13)14(19)10-18-15(16)17-9-11-3-2-4-11/h5-8,11,14,19H,2-4,9-10H2,1H3,(H3,16,17,18). The van der Waals surface area contributed by atoms with Gasteiger partial charge in [-0.15, -0.1) is 0 Å². The number of methoxy groups -OCH3 is 1. The fraction of sp³-hybridized carbons (Fsp3) is 0.533. The molecule has 0 aliphatic heterocycles. The van der Waals surface area contributed by atoms with E-state index in [2.05, 4.69) is 10.3 Å². The number of aliphatic imine (C=N–C) groups is 1. The van der Waals surface area contributed by atoms with Crippen LogP contribution < -0.4 is 15.8 Å². The van der Waals surface area contributed by atoms with E-state index in [1.54, 1.807) is 7.11 Å². The molecule has 4 N–H and O–H groups in total. The smallest absolute Gasteiger partial charge is 0.188 e. The van der Waals surface area contributed by atoms with Gasteiger partial charge >= 0.3 is 0 Å². The van der Waals surface area contributed by atoms with Crippen LogP contribution in [0.15, 0.2) is 29.3 Å². The second-order valence-corrected chi connectivity index (χ2v) is 5.19. The molecular weight excluding hydrogens is 254 g/mol. The second-order valence-electron chi connectivity index (χ2n) is 5.19. The molecule has 0 aromatic heterocycles. The zero-order valence-electron chi connectivity index (χ0n) is 11.9. The summed E-state index contributed by atoms with van der Waals surface area (Å²) in [5.41, 5.74) is 6.59. The lowest BCUT2D eigenvalue weighted by Crippen LogP contribution is -2.37. The molecule has 1 aromatic carbocycles. The van der Waals surface area contributed by atoms with Gasteiger partial charge < -0.3 is 20.9 Å². The lowest BCUT2D eigenvalue weighted by Gasteiger charge is -2.25. The molecule has 0 amide bonds. The van der Waals surface area contributed by atoms with Crippen LogP contribution in [-0.4, -0.2) is 31.3 Å². The number of aliphatic hydroxyl groups is 1. The molecule has 0 bridgehead atoms. The van der Waals surface area contributed by atoms with Crippen molar-refractivity contribution in [3.05, 3.63) is 29.8 Å². The SMILES string of the molecule is COc1ccc(C(O)CN=C(N)NCC2CCC2)cc1. The van der Waals surface area contributed by atoms with E-state index in [1.807, 2.05) is 24.3 Å². The zero-order chi connectivity index (χ0) is 14.4. The van der Waals surface area contributed by atoms with Crippen molar-refractivity contribution in [3.8, 4) is 5.75 Å². The largest absolute Gasteiger partial charge is 0.497 e. The average Bonchev–Trinajstić information content (AvgIpc) is 2.43. The molecule has 1 saturated carbocycles. The first-order valence-corrected chi connectivity index (χ1v) is 7.05. The number of nitrogens with one attached hydrogen (secondary N) is 1. The Morgan fingerprint density at radius 3 is 2.70 bits per heavy atom. The first-order chi connectivity index (χ1) is 9.69. The van der Waals surface area contributed by atoms with Crippen molar-refractivity contribution in [3.63, 3.8) is 0 Å². The Labute approximate surface area is 119 Å². The molecule has 1 unspecified atom stereocenters. The number of benzene rings is 1. The molecule has 1 fully saturated rings. The third-order valence-electron chi connectivity index (χ3n) is 3.73. The van der Waals surface area contributed by atoms with E-state index in [-0.39, 0.29) is 6.54 Å². The maximum atomic E-state index is 10.0. The highest BCUT2D eigenvalue weighted by Crippen LogP contribution is 2.25. The molecule has 20 heavy (non-hydrogen) atoms. The predicted octanol–water partition coefficient (Wildman–Crippen LogP) is 1.43. The molecule has 2 rings (SSSR count). The van der Waals surface area contributed by atoms with Crippen molar-refractivity contribution < 1.29 is 9.84 Å². The van der Waals surface area contributed by atoms with Crippen LogP contribution >= 0.6 is 0 Å². The molecule has 1 atom stereocenters. The van der Waals surface area contributed by atoms with Crippen LogP contribution in [-0.2, 0) is 0 Å². The molecular formula is C15H23N3O2. The van der Waals surface area contributed by atoms with Gasteiger partial charge in [0.15, 0.2) is 5.96 Å². The minimum absolute atomic E-state index is 0.260. The van der Waals surface area contributed by atoms with Gasteiger partial charge in [-0.05, 0) is 36.5 Å². The Kier molecular flexibility index (Phi) is 5.24. The van der Waals surface area contributed by atoms with E-state index in [9.17, 15) is 5.11 Å². The van der Waals surface area contributed by atoms with E-state index in [1.165, 1.54) is 19.3 Å². The number of guanidine groups is 1. The Morgan fingerprint density at radius 1 is 1.45 bits per heavy atom. The van der Waals surface area contributed by atoms with Gasteiger partial charge in [0.05, 0.1) is 19.8 Å². The minimum atomic E-state index is -0.648. The summed E-state index contributed by atoms with van der Waals surface area (Å²) in [5.74, 6) is 1.91. The number of hydrogen-bond acceptors (Lipinski definition) is 3. The van der Waals surface area contributed by atoms with Gasteiger partial charge in [0, 0.05) is 6.54 Å². The summed E-state index contributed by atoms with van der Waals surface area (Å²) in [6.45, 7) is 1.14. The van der Waals surface area contributed by atoms with Gasteiger partial charge in [0.25, 0.3) is 0 Å². The van der Waals surface area contributed by atoms with Gasteiger partial charge in [-0.25, -0.2) is 0 Å². The van der Waals surface area contributed by atoms with E-state index in [4.69, 9.17) is 10.5 Å². The van der Waals surface area contributed by atoms with Gasteiger partial charge in [0.2, 0.25) is 0 Å². The third kappa shape index (κ3) is 4.13. The monoisotopic (exact) mass is 277 g/mol. The Hall–Kier alpha value is -1.75. The molecule has 0 heterocycles. The number of nitrogens with zero attached hydrogens (tertiary/aromatic N) is 1. The summed E-state index contributed by atoms with van der Waals surface area (Å²) in [5, 5.41) is 13.1. The number of nitrogens with two attached hydrogens (primary N) is 1. The molecule has 5 nitrogen and oxygen atoms in total. The van der Waals surface area contributed by atoms with Crippen LogP contribution in [0.3, 0.4) is 0 Å². The van der Waals surface area contributed by atoms with Crippen LogP contribution in [0.2, 0.25) is 0 Å². The van der Waals surface area contributed by atoms with Crippen molar-refractivity contribution in [1.29, 1.82) is 0 Å². The van der Waals surface area contributed by atoms with Gasteiger partial charge in [-0.1, -0.05) is 18.6 Å². The molecule has 1 aromatic rings. The first-order valence-electron chi connectivity index (χ1n) is 7.05. The molecule has 0 saturated heterocycles. The van der Waals surface area contributed by atoms with Crippen LogP contribution in [0.4, 0.5) is 0 Å². The minimum Gasteiger partial charge on any atom is -0.497 e. The first kappa shape index (κ1) is 14.7. The van der Waals surface area contributed by atoms with E-state index < -0.39 is 6.10 Å². The zero-order valence-corrected chi connectivity index (χ0v) is 11.9. The summed E-state index contributed by atoms with van der Waals surface area (Å²) in [4.78, 5) is 4.18. The van der Waals surface area contributed by atoms with Crippen molar-refractivity contribution in [1.82, 2.24) is 5.32 Å². The summed E-state index contributed by atoms with van der Waals surface area (Å²) < 4.78 is 5.08. The number of ether oxygens (including phenoxy) is 1. The van der Waals surface area contributed by atoms with Gasteiger partial charge in [-0.2, -0.15) is 0 Å². The molecule has 0 radical (unpaired) electrons. The van der Waals surface area contributed by atoms with Gasteiger partial charge in [0.1, 0.15) is 5.75 Å². The maximum Gasteiger partial charge on any atom is 0.188 e. The quantitative estimate of drug-likeness (QED) is 0.543. The predicted molar refractivity (Wildman–Crippen MR) is 79.8 cm³/mol. The van der Waals surface area contributed by atoms with Crippen LogP contribution in [0.5, 0.6) is 5.75 Å². The highest BCUT2D eigenvalue weighted by molar-refractivity contribution is 5.77. The second kappa shape index (κ2) is 7.14. The Bertz CT molecular complexity index is 441. The van der Waals surface area contributed by atoms with Crippen molar-refractivity contribution >= 4 is 5.96 Å². The normalized spacial score (nSPS) is 17.4.